The van der Waals surface area contributed by atoms with E-state index in [9.17, 15) is 4.79 Å². The number of methoxy groups -OCH3 is 1. The highest BCUT2D eigenvalue weighted by atomic mass is 35.5. The molecule has 3 rings (SSSR count). The molecule has 1 aromatic heterocycles. The second kappa shape index (κ2) is 10.3. The van der Waals surface area contributed by atoms with E-state index in [1.54, 1.807) is 18.2 Å². The van der Waals surface area contributed by atoms with Crippen molar-refractivity contribution in [2.75, 3.05) is 13.7 Å². The third-order valence-corrected chi connectivity index (χ3v) is 5.23. The Kier molecular flexibility index (Phi) is 7.48. The van der Waals surface area contributed by atoms with Crippen LogP contribution in [-0.4, -0.2) is 34.3 Å². The molecule has 0 aliphatic carbocycles. The van der Waals surface area contributed by atoms with Crippen LogP contribution in [0.4, 0.5) is 0 Å². The molecule has 0 radical (unpaired) electrons. The monoisotopic (exact) mass is 446 g/mol. The Morgan fingerprint density at radius 1 is 1.27 bits per heavy atom. The van der Waals surface area contributed by atoms with Crippen molar-refractivity contribution in [2.45, 2.75) is 26.5 Å². The average Bonchev–Trinajstić information content (AvgIpc) is 3.12. The summed E-state index contributed by atoms with van der Waals surface area (Å²) in [6, 6.07) is 12.5. The number of amides is 1. The lowest BCUT2D eigenvalue weighted by Crippen LogP contribution is -2.26. The summed E-state index contributed by atoms with van der Waals surface area (Å²) in [5.41, 5.74) is 1.35. The van der Waals surface area contributed by atoms with Gasteiger partial charge in [-0.15, -0.1) is 0 Å². The minimum atomic E-state index is -0.205. The Balaban J connectivity index is 1.61. The Labute approximate surface area is 185 Å². The van der Waals surface area contributed by atoms with E-state index in [0.717, 1.165) is 17.9 Å². The van der Waals surface area contributed by atoms with Crippen LogP contribution < -0.4 is 14.8 Å². The van der Waals surface area contributed by atoms with Gasteiger partial charge in [0.05, 0.1) is 7.11 Å². The summed E-state index contributed by atoms with van der Waals surface area (Å²) in [7, 11) is 1.53. The molecule has 0 atom stereocenters. The molecule has 9 heteroatoms. The number of aromatic nitrogens is 3. The number of H-pyrrole nitrogens is 1. The summed E-state index contributed by atoms with van der Waals surface area (Å²) < 4.78 is 13.7. The summed E-state index contributed by atoms with van der Waals surface area (Å²) in [6.07, 6.45) is 0.572. The largest absolute Gasteiger partial charge is 0.493 e. The van der Waals surface area contributed by atoms with Gasteiger partial charge in [-0.05, 0) is 43.4 Å². The van der Waals surface area contributed by atoms with Gasteiger partial charge in [-0.2, -0.15) is 5.10 Å². The predicted molar refractivity (Wildman–Crippen MR) is 118 cm³/mol. The van der Waals surface area contributed by atoms with E-state index in [4.69, 9.17) is 33.3 Å². The van der Waals surface area contributed by atoms with Gasteiger partial charge in [0.2, 0.25) is 0 Å². The first kappa shape index (κ1) is 21.9. The highest BCUT2D eigenvalue weighted by Gasteiger charge is 2.12. The van der Waals surface area contributed by atoms with E-state index in [0.29, 0.717) is 46.4 Å². The van der Waals surface area contributed by atoms with E-state index in [1.807, 2.05) is 35.8 Å². The van der Waals surface area contributed by atoms with E-state index >= 15 is 0 Å². The van der Waals surface area contributed by atoms with Crippen molar-refractivity contribution < 1.29 is 14.3 Å². The molecule has 0 saturated heterocycles. The molecule has 0 spiro atoms. The predicted octanol–water partition coefficient (Wildman–Crippen LogP) is 4.17. The summed E-state index contributed by atoms with van der Waals surface area (Å²) in [6.45, 7) is 3.46. The molecule has 1 amide bonds. The Bertz CT molecular complexity index is 1080. The number of nitrogens with zero attached hydrogens (tertiary/aromatic N) is 2. The van der Waals surface area contributed by atoms with Gasteiger partial charge in [0.1, 0.15) is 12.4 Å². The van der Waals surface area contributed by atoms with Crippen LogP contribution in [0.5, 0.6) is 11.5 Å². The number of rotatable bonds is 9. The summed E-state index contributed by atoms with van der Waals surface area (Å²) in [4.78, 5) is 12.5. The Morgan fingerprint density at radius 2 is 2.07 bits per heavy atom. The number of benzene rings is 2. The van der Waals surface area contributed by atoms with Crippen molar-refractivity contribution in [2.24, 2.45) is 0 Å². The SMILES string of the molecule is CCn1c(CCNC(=O)c2ccc(OCc3ccccc3Cl)c(OC)c2)n[nH]c1=S. The third kappa shape index (κ3) is 5.20. The van der Waals surface area contributed by atoms with Crippen molar-refractivity contribution in [3.63, 3.8) is 0 Å². The van der Waals surface area contributed by atoms with Crippen LogP contribution in [-0.2, 0) is 19.6 Å². The molecule has 0 aliphatic rings. The van der Waals surface area contributed by atoms with Gasteiger partial charge >= 0.3 is 0 Å². The Morgan fingerprint density at radius 3 is 2.80 bits per heavy atom. The summed E-state index contributed by atoms with van der Waals surface area (Å²) in [5.74, 6) is 1.61. The number of carbonyl (C=O) groups is 1. The van der Waals surface area contributed by atoms with E-state index in [1.165, 1.54) is 7.11 Å². The Hall–Kier alpha value is -2.84. The molecule has 0 fully saturated rings. The molecule has 1 heterocycles. The number of ether oxygens (including phenoxy) is 2. The lowest BCUT2D eigenvalue weighted by molar-refractivity contribution is 0.0953. The summed E-state index contributed by atoms with van der Waals surface area (Å²) in [5, 5.41) is 10.5. The number of nitrogens with one attached hydrogen (secondary N) is 2. The van der Waals surface area contributed by atoms with Crippen molar-refractivity contribution in [1.82, 2.24) is 20.1 Å². The van der Waals surface area contributed by atoms with Gasteiger partial charge in [0.25, 0.3) is 5.91 Å². The molecule has 0 saturated carbocycles. The zero-order chi connectivity index (χ0) is 21.5. The molecule has 2 aromatic carbocycles. The number of carbonyl (C=O) groups excluding carboxylic acids is 1. The van der Waals surface area contributed by atoms with Crippen LogP contribution in [0, 0.1) is 4.77 Å². The van der Waals surface area contributed by atoms with Gasteiger partial charge in [-0.3, -0.25) is 9.89 Å². The number of halogens is 1. The average molecular weight is 447 g/mol. The maximum Gasteiger partial charge on any atom is 0.251 e. The summed E-state index contributed by atoms with van der Waals surface area (Å²) >= 11 is 11.3. The lowest BCUT2D eigenvalue weighted by atomic mass is 10.2. The fraction of sp³-hybridized carbons (Fsp3) is 0.286. The molecule has 2 N–H and O–H groups in total. The molecule has 0 aliphatic heterocycles. The number of hydrogen-bond donors (Lipinski definition) is 2. The normalized spacial score (nSPS) is 10.6. The maximum atomic E-state index is 12.5. The quantitative estimate of drug-likeness (QED) is 0.482. The van der Waals surface area contributed by atoms with Crippen LogP contribution in [0.25, 0.3) is 0 Å². The number of aromatic amines is 1. The van der Waals surface area contributed by atoms with E-state index in [2.05, 4.69) is 15.5 Å². The standard InChI is InChI=1S/C21H23ClN4O3S/c1-3-26-19(24-25-21(26)30)10-11-23-20(27)14-8-9-17(18(12-14)28-2)29-13-15-6-4-5-7-16(15)22/h4-9,12H,3,10-11,13H2,1-2H3,(H,23,27)(H,25,30). The van der Waals surface area contributed by atoms with Crippen molar-refractivity contribution >= 4 is 29.7 Å². The number of hydrogen-bond acceptors (Lipinski definition) is 5. The van der Waals surface area contributed by atoms with Gasteiger partial charge in [0.15, 0.2) is 16.3 Å². The molecule has 7 nitrogen and oxygen atoms in total. The lowest BCUT2D eigenvalue weighted by Gasteiger charge is -2.13. The van der Waals surface area contributed by atoms with Gasteiger partial charge in [-0.1, -0.05) is 29.8 Å². The zero-order valence-electron chi connectivity index (χ0n) is 16.8. The van der Waals surface area contributed by atoms with Gasteiger partial charge in [0, 0.05) is 35.7 Å². The minimum absolute atomic E-state index is 0.205. The maximum absolute atomic E-state index is 12.5. The van der Waals surface area contributed by atoms with Crippen LogP contribution in [0.3, 0.4) is 0 Å². The van der Waals surface area contributed by atoms with Gasteiger partial charge in [-0.25, -0.2) is 0 Å². The van der Waals surface area contributed by atoms with Crippen LogP contribution in [0.1, 0.15) is 28.7 Å². The third-order valence-electron chi connectivity index (χ3n) is 4.55. The molecule has 3 aromatic rings. The van der Waals surface area contributed by atoms with Crippen LogP contribution >= 0.6 is 23.8 Å². The van der Waals surface area contributed by atoms with Crippen LogP contribution in [0.2, 0.25) is 5.02 Å². The second-order valence-electron chi connectivity index (χ2n) is 6.44. The molecule has 158 valence electrons. The highest BCUT2D eigenvalue weighted by Crippen LogP contribution is 2.29. The molecule has 30 heavy (non-hydrogen) atoms. The van der Waals surface area contributed by atoms with Crippen molar-refractivity contribution in [3.05, 3.63) is 69.2 Å². The fourth-order valence-electron chi connectivity index (χ4n) is 2.96. The minimum Gasteiger partial charge on any atom is -0.493 e. The molecule has 0 unspecified atom stereocenters. The van der Waals surface area contributed by atoms with Gasteiger partial charge < -0.3 is 19.4 Å². The topological polar surface area (TPSA) is 81.2 Å². The first-order valence-electron chi connectivity index (χ1n) is 9.50. The second-order valence-corrected chi connectivity index (χ2v) is 7.23. The van der Waals surface area contributed by atoms with Crippen LogP contribution in [0.15, 0.2) is 42.5 Å². The molecular formula is C21H23ClN4O3S. The van der Waals surface area contributed by atoms with E-state index < -0.39 is 0 Å². The van der Waals surface area contributed by atoms with Crippen molar-refractivity contribution in [1.29, 1.82) is 0 Å². The first-order chi connectivity index (χ1) is 14.5. The zero-order valence-corrected chi connectivity index (χ0v) is 18.3. The fourth-order valence-corrected chi connectivity index (χ4v) is 3.43. The smallest absolute Gasteiger partial charge is 0.251 e. The first-order valence-corrected chi connectivity index (χ1v) is 10.3. The van der Waals surface area contributed by atoms with E-state index in [-0.39, 0.29) is 5.91 Å². The highest BCUT2D eigenvalue weighted by molar-refractivity contribution is 7.71. The molecular weight excluding hydrogens is 424 g/mol. The van der Waals surface area contributed by atoms with Crippen molar-refractivity contribution in [3.8, 4) is 11.5 Å². The molecule has 0 bridgehead atoms.